The van der Waals surface area contributed by atoms with Crippen LogP contribution in [0.1, 0.15) is 30.5 Å². The Labute approximate surface area is 309 Å². The number of amides is 1. The Bertz CT molecular complexity index is 2500. The third-order valence-corrected chi connectivity index (χ3v) is 10.5. The third kappa shape index (κ3) is 6.18. The summed E-state index contributed by atoms with van der Waals surface area (Å²) in [5.74, 6) is -0.549. The molecule has 6 heterocycles. The number of carbonyl (C=O) groups excluding carboxylic acids is 1. The molecular formula is C41H37F2N9O2. The van der Waals surface area contributed by atoms with Crippen LogP contribution >= 0.6 is 0 Å². The van der Waals surface area contributed by atoms with E-state index < -0.39 is 23.8 Å². The summed E-state index contributed by atoms with van der Waals surface area (Å²) in [7, 11) is 1.98. The highest BCUT2D eigenvalue weighted by Gasteiger charge is 2.42. The molecule has 9 rings (SSSR count). The van der Waals surface area contributed by atoms with Crippen molar-refractivity contribution in [2.75, 3.05) is 24.5 Å². The molecule has 0 N–H and O–H groups in total. The number of carbonyl (C=O) groups is 1. The van der Waals surface area contributed by atoms with E-state index in [9.17, 15) is 13.6 Å². The molecule has 0 spiro atoms. The molecule has 1 saturated heterocycles. The quantitative estimate of drug-likeness (QED) is 0.192. The number of halogens is 2. The molecule has 2 aliphatic heterocycles. The van der Waals surface area contributed by atoms with Crippen molar-refractivity contribution in [3.63, 3.8) is 0 Å². The smallest absolute Gasteiger partial charge is 0.245 e. The first-order chi connectivity index (χ1) is 26.4. The van der Waals surface area contributed by atoms with Crippen LogP contribution in [0.5, 0.6) is 5.88 Å². The molecule has 272 valence electrons. The lowest BCUT2D eigenvalue weighted by atomic mass is 9.99. The molecule has 3 aromatic carbocycles. The van der Waals surface area contributed by atoms with E-state index in [1.807, 2.05) is 64.0 Å². The summed E-state index contributed by atoms with van der Waals surface area (Å²) in [6.45, 7) is 1.46. The topological polar surface area (TPSA) is 107 Å². The van der Waals surface area contributed by atoms with Gasteiger partial charge < -0.3 is 14.5 Å². The summed E-state index contributed by atoms with van der Waals surface area (Å²) in [5.41, 5.74) is 5.65. The van der Waals surface area contributed by atoms with Crippen LogP contribution in [0.25, 0.3) is 38.8 Å². The number of aromatic nitrogens is 7. The summed E-state index contributed by atoms with van der Waals surface area (Å²) >= 11 is 0. The normalized spacial score (nSPS) is 17.5. The first-order valence-electron chi connectivity index (χ1n) is 18.2. The van der Waals surface area contributed by atoms with Crippen molar-refractivity contribution in [3.8, 4) is 22.7 Å². The Hall–Kier alpha value is -6.24. The van der Waals surface area contributed by atoms with Crippen LogP contribution in [-0.4, -0.2) is 77.1 Å². The molecule has 7 aromatic rings. The highest BCUT2D eigenvalue weighted by atomic mass is 19.1. The van der Waals surface area contributed by atoms with E-state index >= 15 is 0 Å². The largest absolute Gasteiger partial charge is 0.472 e. The third-order valence-electron chi connectivity index (χ3n) is 10.5. The van der Waals surface area contributed by atoms with E-state index in [2.05, 4.69) is 38.2 Å². The zero-order valence-electron chi connectivity index (χ0n) is 29.6. The molecule has 0 radical (unpaired) electrons. The molecular weight excluding hydrogens is 689 g/mol. The van der Waals surface area contributed by atoms with E-state index in [4.69, 9.17) is 9.84 Å². The number of hydrogen-bond donors (Lipinski definition) is 0. The Morgan fingerprint density at radius 1 is 0.963 bits per heavy atom. The van der Waals surface area contributed by atoms with Crippen molar-refractivity contribution < 1.29 is 18.3 Å². The van der Waals surface area contributed by atoms with Crippen LogP contribution in [0.3, 0.4) is 0 Å². The Morgan fingerprint density at radius 2 is 1.85 bits per heavy atom. The van der Waals surface area contributed by atoms with Gasteiger partial charge >= 0.3 is 0 Å². The minimum absolute atomic E-state index is 0.0231. The summed E-state index contributed by atoms with van der Waals surface area (Å²) < 4.78 is 38.6. The number of benzene rings is 3. The molecule has 2 atom stereocenters. The van der Waals surface area contributed by atoms with Gasteiger partial charge in [-0.1, -0.05) is 42.5 Å². The fourth-order valence-corrected chi connectivity index (χ4v) is 7.99. The average molecular weight is 726 g/mol. The second-order valence-corrected chi connectivity index (χ2v) is 13.9. The standard InChI is InChI=1S/C41H37F2N9O2/c1-49-35-13-7-19-50(18-6-10-26-8-3-2-4-9-26)41(53)36-22-29(54-37-20-27(16-17-44-37)30-11-5-12-33(48-49)38(30)35)24-51(36)39-31-23-47-52(40(31)46-25-45-39)34-15-14-28(42)21-32(34)43/h2-5,8-9,11-12,14-17,20-21,23,25,29,36H,6-7,10,13,18-19,22,24H2,1H3/t29?,36-/m0/s1. The van der Waals surface area contributed by atoms with E-state index in [-0.39, 0.29) is 11.6 Å². The number of rotatable bonds is 6. The Balaban J connectivity index is 1.11. The van der Waals surface area contributed by atoms with E-state index in [1.165, 1.54) is 28.7 Å². The molecule has 54 heavy (non-hydrogen) atoms. The van der Waals surface area contributed by atoms with Crippen LogP contribution in [-0.2, 0) is 24.7 Å². The summed E-state index contributed by atoms with van der Waals surface area (Å²) in [6.07, 6.45) is 7.78. The van der Waals surface area contributed by atoms with Crippen LogP contribution in [0.15, 0.2) is 97.6 Å². The fourth-order valence-electron chi connectivity index (χ4n) is 7.99. The van der Waals surface area contributed by atoms with Crippen LogP contribution in [0, 0.1) is 11.6 Å². The average Bonchev–Trinajstić information content (AvgIpc) is 3.89. The van der Waals surface area contributed by atoms with E-state index in [0.717, 1.165) is 59.5 Å². The van der Waals surface area contributed by atoms with Gasteiger partial charge in [-0.3, -0.25) is 9.48 Å². The van der Waals surface area contributed by atoms with Crippen LogP contribution in [0.4, 0.5) is 14.6 Å². The highest BCUT2D eigenvalue weighted by Crippen LogP contribution is 2.36. The lowest BCUT2D eigenvalue weighted by Crippen LogP contribution is -2.47. The van der Waals surface area contributed by atoms with E-state index in [0.29, 0.717) is 48.8 Å². The van der Waals surface area contributed by atoms with Crippen LogP contribution in [0.2, 0.25) is 0 Å². The lowest BCUT2D eigenvalue weighted by molar-refractivity contribution is -0.132. The minimum Gasteiger partial charge on any atom is -0.472 e. The van der Waals surface area contributed by atoms with Gasteiger partial charge in [0, 0.05) is 56.0 Å². The molecule has 1 unspecified atom stereocenters. The number of pyridine rings is 1. The monoisotopic (exact) mass is 725 g/mol. The van der Waals surface area contributed by atoms with Gasteiger partial charge in [0.1, 0.15) is 35.8 Å². The maximum Gasteiger partial charge on any atom is 0.245 e. The summed E-state index contributed by atoms with van der Waals surface area (Å²) in [6, 6.07) is 23.1. The van der Waals surface area contributed by atoms with Crippen molar-refractivity contribution in [1.82, 2.24) is 39.4 Å². The van der Waals surface area contributed by atoms with Crippen molar-refractivity contribution in [3.05, 3.63) is 120 Å². The number of hydrogen-bond acceptors (Lipinski definition) is 8. The molecule has 13 heteroatoms. The van der Waals surface area contributed by atoms with Gasteiger partial charge in [-0.25, -0.2) is 28.4 Å². The number of nitrogens with zero attached hydrogens (tertiary/aromatic N) is 9. The maximum absolute atomic E-state index is 14.9. The second kappa shape index (κ2) is 14.0. The van der Waals surface area contributed by atoms with Crippen LogP contribution < -0.4 is 9.64 Å². The minimum atomic E-state index is -0.772. The fraction of sp³-hybridized carbons (Fsp3) is 0.268. The van der Waals surface area contributed by atoms with Crippen molar-refractivity contribution in [1.29, 1.82) is 0 Å². The number of ether oxygens (including phenoxy) is 1. The van der Waals surface area contributed by atoms with Gasteiger partial charge in [0.2, 0.25) is 11.8 Å². The molecule has 2 aliphatic rings. The maximum atomic E-state index is 14.9. The van der Waals surface area contributed by atoms with Gasteiger partial charge in [-0.05, 0) is 66.6 Å². The lowest BCUT2D eigenvalue weighted by Gasteiger charge is -2.31. The summed E-state index contributed by atoms with van der Waals surface area (Å²) in [5, 5.41) is 10.9. The molecule has 1 fully saturated rings. The van der Waals surface area contributed by atoms with Gasteiger partial charge in [-0.15, -0.1) is 0 Å². The highest BCUT2D eigenvalue weighted by molar-refractivity contribution is 5.97. The predicted molar refractivity (Wildman–Crippen MR) is 200 cm³/mol. The molecule has 0 aliphatic carbocycles. The molecule has 0 saturated carbocycles. The zero-order valence-corrected chi connectivity index (χ0v) is 29.6. The van der Waals surface area contributed by atoms with Crippen molar-refractivity contribution in [2.45, 2.75) is 44.2 Å². The SMILES string of the molecule is Cn1nc2cccc3c2c1CCCN(CCCc1ccccc1)C(=O)[C@@H]1CC(CN1c1ncnc2c1cnn2-c1ccc(F)cc1F)Oc1cc-3ccn1. The van der Waals surface area contributed by atoms with Gasteiger partial charge in [0.05, 0.1) is 23.6 Å². The Morgan fingerprint density at radius 3 is 2.72 bits per heavy atom. The van der Waals surface area contributed by atoms with E-state index in [1.54, 1.807) is 12.4 Å². The molecule has 1 amide bonds. The van der Waals surface area contributed by atoms with Crippen molar-refractivity contribution in [2.24, 2.45) is 7.05 Å². The summed E-state index contributed by atoms with van der Waals surface area (Å²) in [4.78, 5) is 32.6. The number of fused-ring (bicyclic) bond motifs is 6. The molecule has 11 nitrogen and oxygen atoms in total. The van der Waals surface area contributed by atoms with Gasteiger partial charge in [0.25, 0.3) is 0 Å². The first kappa shape index (κ1) is 33.6. The van der Waals surface area contributed by atoms with Crippen molar-refractivity contribution >= 4 is 33.7 Å². The second-order valence-electron chi connectivity index (χ2n) is 13.9. The number of aryl methyl sites for hydroxylation is 3. The number of anilines is 1. The molecule has 4 aromatic heterocycles. The Kier molecular flexibility index (Phi) is 8.68. The van der Waals surface area contributed by atoms with Gasteiger partial charge in [0.15, 0.2) is 11.5 Å². The first-order valence-corrected chi connectivity index (χ1v) is 18.2. The predicted octanol–water partition coefficient (Wildman–Crippen LogP) is 6.48. The molecule has 4 bridgehead atoms. The zero-order chi connectivity index (χ0) is 36.8. The van der Waals surface area contributed by atoms with Gasteiger partial charge in [-0.2, -0.15) is 10.2 Å².